The summed E-state index contributed by atoms with van der Waals surface area (Å²) in [5, 5.41) is 8.04. The van der Waals surface area contributed by atoms with Crippen LogP contribution in [0.2, 0.25) is 0 Å². The standard InChI is InChI=1S/C49H48N6/c1-31-15-12-26-41-44(31)45-42(29-28-37-36-22-8-9-25-40(36)55(46(37)45)43-27-10-11-30-52(43)2)54(41)49-51-47(38-23-13-18-32-16-4-6-20-34(32)38)50-48(53(49)3)39-24-14-19-33-17-5-7-21-35(33)39/h4-6,8-9,11-12,14-20,22,24-26,28-30,37,43,46,48-49H,7,10,13,21,23,27H2,1-3H3,(H,50,51). The van der Waals surface area contributed by atoms with E-state index < -0.39 is 0 Å². The third-order valence-electron chi connectivity index (χ3n) is 13.3. The molecule has 0 fully saturated rings. The quantitative estimate of drug-likeness (QED) is 0.202. The Morgan fingerprint density at radius 2 is 1.65 bits per heavy atom. The summed E-state index contributed by atoms with van der Waals surface area (Å²) in [4.78, 5) is 13.5. The molecule has 0 spiro atoms. The van der Waals surface area contributed by atoms with Crippen LogP contribution in [0.1, 0.15) is 95.6 Å². The molecule has 55 heavy (non-hydrogen) atoms. The average Bonchev–Trinajstić information content (AvgIpc) is 3.74. The van der Waals surface area contributed by atoms with Crippen molar-refractivity contribution in [3.63, 3.8) is 0 Å². The van der Waals surface area contributed by atoms with E-state index in [0.717, 1.165) is 44.4 Å². The van der Waals surface area contributed by atoms with Gasteiger partial charge in [-0.3, -0.25) is 0 Å². The molecular weight excluding hydrogens is 673 g/mol. The molecule has 0 bridgehead atoms. The summed E-state index contributed by atoms with van der Waals surface area (Å²) in [6, 6.07) is 32.0. The van der Waals surface area contributed by atoms with Crippen molar-refractivity contribution in [1.29, 1.82) is 0 Å². The molecule has 0 saturated carbocycles. The summed E-state index contributed by atoms with van der Waals surface area (Å²) >= 11 is 0. The molecule has 11 rings (SSSR count). The molecule has 6 nitrogen and oxygen atoms in total. The molecule has 5 aromatic rings. The number of nitrogens with one attached hydrogen (secondary N) is 1. The number of nitrogens with zero attached hydrogens (tertiary/aromatic N) is 5. The molecule has 3 aliphatic carbocycles. The van der Waals surface area contributed by atoms with Gasteiger partial charge in [0, 0.05) is 35.2 Å². The summed E-state index contributed by atoms with van der Waals surface area (Å²) in [7, 11) is 4.53. The van der Waals surface area contributed by atoms with Crippen molar-refractivity contribution < 1.29 is 0 Å². The molecular formula is C49H48N6. The van der Waals surface area contributed by atoms with Crippen molar-refractivity contribution in [1.82, 2.24) is 19.7 Å². The molecule has 1 N–H and O–H groups in total. The summed E-state index contributed by atoms with van der Waals surface area (Å²) in [6.07, 6.45) is 22.8. The molecule has 6 heteroatoms. The maximum Gasteiger partial charge on any atom is 0.186 e. The lowest BCUT2D eigenvalue weighted by Gasteiger charge is -2.44. The fourth-order valence-corrected chi connectivity index (χ4v) is 10.8. The van der Waals surface area contributed by atoms with E-state index in [-0.39, 0.29) is 30.6 Å². The highest BCUT2D eigenvalue weighted by Crippen LogP contribution is 2.57. The fourth-order valence-electron chi connectivity index (χ4n) is 10.8. The van der Waals surface area contributed by atoms with Gasteiger partial charge in [-0.1, -0.05) is 103 Å². The van der Waals surface area contributed by atoms with Crippen molar-refractivity contribution in [3.8, 4) is 0 Å². The highest BCUT2D eigenvalue weighted by atomic mass is 15.5. The lowest BCUT2D eigenvalue weighted by atomic mass is 9.83. The van der Waals surface area contributed by atoms with Crippen molar-refractivity contribution in [2.75, 3.05) is 19.0 Å². The van der Waals surface area contributed by atoms with E-state index in [9.17, 15) is 0 Å². The number of allylic oxidation sites excluding steroid dienone is 2. The Labute approximate surface area is 323 Å². The minimum absolute atomic E-state index is 0.0577. The molecule has 274 valence electrons. The van der Waals surface area contributed by atoms with E-state index in [2.05, 4.69) is 173 Å². The number of aryl methyl sites for hydroxylation is 1. The molecule has 0 saturated heterocycles. The van der Waals surface area contributed by atoms with E-state index in [1.807, 2.05) is 0 Å². The fraction of sp³-hybridized carbons (Fsp3) is 0.286. The Morgan fingerprint density at radius 1 is 0.800 bits per heavy atom. The first-order valence-corrected chi connectivity index (χ1v) is 20.3. The number of aliphatic imine (C=N–C) groups is 1. The lowest BCUT2D eigenvalue weighted by Crippen LogP contribution is -2.49. The first-order chi connectivity index (χ1) is 27.1. The van der Waals surface area contributed by atoms with Gasteiger partial charge in [-0.2, -0.15) is 0 Å². The van der Waals surface area contributed by atoms with Gasteiger partial charge in [-0.15, -0.1) is 0 Å². The number of hydrogen-bond donors (Lipinski definition) is 1. The van der Waals surface area contributed by atoms with Crippen LogP contribution in [0.25, 0.3) is 34.7 Å². The molecule has 1 aromatic heterocycles. The maximum absolute atomic E-state index is 5.81. The van der Waals surface area contributed by atoms with Gasteiger partial charge in [-0.05, 0) is 115 Å². The van der Waals surface area contributed by atoms with Crippen LogP contribution in [0.15, 0.2) is 114 Å². The number of hydrogen-bond acceptors (Lipinski definition) is 5. The Hall–Kier alpha value is -5.59. The number of anilines is 1. The van der Waals surface area contributed by atoms with Crippen LogP contribution in [-0.4, -0.2) is 40.5 Å². The number of rotatable bonds is 4. The Bertz CT molecular complexity index is 2640. The van der Waals surface area contributed by atoms with Gasteiger partial charge >= 0.3 is 0 Å². The second-order valence-corrected chi connectivity index (χ2v) is 16.2. The van der Waals surface area contributed by atoms with Crippen LogP contribution in [0.3, 0.4) is 0 Å². The minimum atomic E-state index is -0.270. The number of fused-ring (bicyclic) bond motifs is 9. The van der Waals surface area contributed by atoms with E-state index in [1.54, 1.807) is 0 Å². The molecule has 0 amide bonds. The zero-order chi connectivity index (χ0) is 36.8. The van der Waals surface area contributed by atoms with Crippen LogP contribution in [0, 0.1) is 6.92 Å². The lowest BCUT2D eigenvalue weighted by molar-refractivity contribution is 0.105. The third kappa shape index (κ3) is 4.93. The van der Waals surface area contributed by atoms with Crippen molar-refractivity contribution in [2.24, 2.45) is 4.99 Å². The predicted molar refractivity (Wildman–Crippen MR) is 227 cm³/mol. The van der Waals surface area contributed by atoms with Crippen LogP contribution >= 0.6 is 0 Å². The van der Waals surface area contributed by atoms with Crippen LogP contribution in [0.4, 0.5) is 5.69 Å². The van der Waals surface area contributed by atoms with Crippen molar-refractivity contribution in [2.45, 2.75) is 76.0 Å². The van der Waals surface area contributed by atoms with Crippen LogP contribution in [0.5, 0.6) is 0 Å². The Balaban J connectivity index is 1.15. The highest BCUT2D eigenvalue weighted by Gasteiger charge is 2.47. The third-order valence-corrected chi connectivity index (χ3v) is 13.3. The highest BCUT2D eigenvalue weighted by molar-refractivity contribution is 6.17. The smallest absolute Gasteiger partial charge is 0.186 e. The Morgan fingerprint density at radius 3 is 2.58 bits per heavy atom. The largest absolute Gasteiger partial charge is 0.361 e. The van der Waals surface area contributed by atoms with E-state index in [0.29, 0.717) is 0 Å². The van der Waals surface area contributed by atoms with E-state index >= 15 is 0 Å². The molecule has 5 unspecified atom stereocenters. The van der Waals surface area contributed by atoms with Crippen LogP contribution in [-0.2, 0) is 6.42 Å². The van der Waals surface area contributed by atoms with Crippen LogP contribution < -0.4 is 20.7 Å². The number of benzene rings is 4. The van der Waals surface area contributed by atoms with Gasteiger partial charge in [0.05, 0.1) is 17.3 Å². The second kappa shape index (κ2) is 12.7. The molecule has 4 aromatic carbocycles. The number of para-hydroxylation sites is 1. The topological polar surface area (TPSA) is 39.0 Å². The molecule has 3 aliphatic heterocycles. The average molecular weight is 721 g/mol. The number of amidine groups is 1. The molecule has 6 aliphatic rings. The first-order valence-electron chi connectivity index (χ1n) is 20.3. The van der Waals surface area contributed by atoms with Gasteiger partial charge in [0.2, 0.25) is 0 Å². The van der Waals surface area contributed by atoms with Gasteiger partial charge in [-0.25, -0.2) is 9.89 Å². The number of aromatic nitrogens is 1. The SMILES string of the molecule is Cc1cccc2c1c1c(n2C2N=C(C3=c4ccccc4=CCC3)NC(c3cccc4c3CCC=C4)N2C)C=CC2c3ccccc3N(C3CCC=CN3C)C12. The first kappa shape index (κ1) is 32.8. The summed E-state index contributed by atoms with van der Waals surface area (Å²) in [5.74, 6) is 1.29. The summed E-state index contributed by atoms with van der Waals surface area (Å²) in [5.41, 5.74) is 13.5. The zero-order valence-corrected chi connectivity index (χ0v) is 32.0. The van der Waals surface area contributed by atoms with Crippen molar-refractivity contribution >= 4 is 46.2 Å². The normalized spacial score (nSPS) is 25.1. The molecule has 5 atom stereocenters. The monoisotopic (exact) mass is 720 g/mol. The van der Waals surface area contributed by atoms with Gasteiger partial charge in [0.25, 0.3) is 0 Å². The Kier molecular flexibility index (Phi) is 7.60. The van der Waals surface area contributed by atoms with E-state index in [1.165, 1.54) is 71.7 Å². The molecule has 4 heterocycles. The van der Waals surface area contributed by atoms with E-state index in [4.69, 9.17) is 4.99 Å². The maximum atomic E-state index is 5.81. The summed E-state index contributed by atoms with van der Waals surface area (Å²) in [6.45, 7) is 2.31. The van der Waals surface area contributed by atoms with Gasteiger partial charge < -0.3 is 19.7 Å². The van der Waals surface area contributed by atoms with Crippen molar-refractivity contribution in [3.05, 3.63) is 159 Å². The summed E-state index contributed by atoms with van der Waals surface area (Å²) < 4.78 is 2.58. The predicted octanol–water partition coefficient (Wildman–Crippen LogP) is 8.66. The van der Waals surface area contributed by atoms with Gasteiger partial charge in [0.1, 0.15) is 18.2 Å². The van der Waals surface area contributed by atoms with Gasteiger partial charge in [0.15, 0.2) is 6.29 Å². The zero-order valence-electron chi connectivity index (χ0n) is 32.0. The minimum Gasteiger partial charge on any atom is -0.361 e. The molecule has 0 radical (unpaired) electrons. The second-order valence-electron chi connectivity index (χ2n) is 16.2.